The van der Waals surface area contributed by atoms with Gasteiger partial charge in [-0.25, -0.2) is 4.98 Å². The van der Waals surface area contributed by atoms with Crippen molar-refractivity contribution in [2.24, 2.45) is 0 Å². The maximum absolute atomic E-state index is 5.49. The monoisotopic (exact) mass is 190 g/mol. The van der Waals surface area contributed by atoms with Gasteiger partial charge >= 0.3 is 0 Å². The third-order valence-corrected chi connectivity index (χ3v) is 2.31. The summed E-state index contributed by atoms with van der Waals surface area (Å²) in [5.74, 6) is 2.64. The van der Waals surface area contributed by atoms with Crippen LogP contribution < -0.4 is 5.73 Å². The number of hydrogen-bond donors (Lipinski definition) is 3. The number of rotatable bonds is 2. The van der Waals surface area contributed by atoms with Gasteiger partial charge in [-0.1, -0.05) is 0 Å². The first kappa shape index (κ1) is 7.54. The fourth-order valence-electron chi connectivity index (χ4n) is 1.39. The van der Waals surface area contributed by atoms with Gasteiger partial charge in [0.05, 0.1) is 0 Å². The number of aromatic nitrogens is 5. The van der Waals surface area contributed by atoms with Crippen LogP contribution in [0, 0.1) is 0 Å². The van der Waals surface area contributed by atoms with E-state index >= 15 is 0 Å². The van der Waals surface area contributed by atoms with Gasteiger partial charge in [0.1, 0.15) is 17.3 Å². The number of nitrogens with one attached hydrogen (secondary N) is 2. The van der Waals surface area contributed by atoms with Crippen molar-refractivity contribution >= 4 is 5.82 Å². The van der Waals surface area contributed by atoms with Gasteiger partial charge in [0.15, 0.2) is 5.82 Å². The molecule has 0 amide bonds. The molecule has 1 aliphatic rings. The normalized spacial score (nSPS) is 16.0. The summed E-state index contributed by atoms with van der Waals surface area (Å²) < 4.78 is 0. The van der Waals surface area contributed by atoms with Crippen LogP contribution in [0.15, 0.2) is 6.07 Å². The van der Waals surface area contributed by atoms with Crippen LogP contribution in [0.3, 0.4) is 0 Å². The quantitative estimate of drug-likeness (QED) is 0.647. The van der Waals surface area contributed by atoms with Crippen LogP contribution >= 0.6 is 0 Å². The summed E-state index contributed by atoms with van der Waals surface area (Å²) in [6.07, 6.45) is 2.42. The van der Waals surface area contributed by atoms with Gasteiger partial charge in [-0.15, -0.1) is 0 Å². The molecule has 6 heteroatoms. The van der Waals surface area contributed by atoms with Gasteiger partial charge in [-0.3, -0.25) is 10.2 Å². The van der Waals surface area contributed by atoms with Crippen molar-refractivity contribution in [1.82, 2.24) is 25.4 Å². The van der Waals surface area contributed by atoms with E-state index in [-0.39, 0.29) is 0 Å². The second-order valence-electron chi connectivity index (χ2n) is 3.53. The van der Waals surface area contributed by atoms with E-state index in [9.17, 15) is 0 Å². The van der Waals surface area contributed by atoms with E-state index in [0.29, 0.717) is 17.6 Å². The fourth-order valence-corrected chi connectivity index (χ4v) is 1.39. The molecule has 0 spiro atoms. The van der Waals surface area contributed by atoms with E-state index < -0.39 is 0 Å². The number of H-pyrrole nitrogens is 2. The second kappa shape index (κ2) is 2.57. The number of hydrogen-bond acceptors (Lipinski definition) is 4. The molecule has 14 heavy (non-hydrogen) atoms. The van der Waals surface area contributed by atoms with Crippen LogP contribution in [0.2, 0.25) is 0 Å². The molecule has 1 aliphatic carbocycles. The van der Waals surface area contributed by atoms with Crippen LogP contribution in [0.1, 0.15) is 24.6 Å². The minimum atomic E-state index is 0.456. The third-order valence-electron chi connectivity index (χ3n) is 2.31. The number of anilines is 1. The molecule has 0 unspecified atom stereocenters. The zero-order valence-corrected chi connectivity index (χ0v) is 7.49. The maximum Gasteiger partial charge on any atom is 0.199 e. The number of aromatic amines is 2. The molecule has 0 radical (unpaired) electrons. The van der Waals surface area contributed by atoms with Crippen molar-refractivity contribution in [2.75, 3.05) is 5.73 Å². The molecular weight excluding hydrogens is 180 g/mol. The van der Waals surface area contributed by atoms with Crippen LogP contribution in [-0.2, 0) is 0 Å². The minimum absolute atomic E-state index is 0.456. The van der Waals surface area contributed by atoms with Crippen LogP contribution in [0.4, 0.5) is 5.82 Å². The Balaban J connectivity index is 1.95. The summed E-state index contributed by atoms with van der Waals surface area (Å²) in [5.41, 5.74) is 6.24. The largest absolute Gasteiger partial charge is 0.382 e. The van der Waals surface area contributed by atoms with Crippen molar-refractivity contribution in [3.8, 4) is 11.5 Å². The summed E-state index contributed by atoms with van der Waals surface area (Å²) >= 11 is 0. The molecule has 0 aromatic carbocycles. The minimum Gasteiger partial charge on any atom is -0.382 e. The molecule has 2 heterocycles. The van der Waals surface area contributed by atoms with E-state index in [1.54, 1.807) is 6.07 Å². The summed E-state index contributed by atoms with van der Waals surface area (Å²) in [6.45, 7) is 0. The second-order valence-corrected chi connectivity index (χ2v) is 3.53. The Labute approximate surface area is 79.9 Å². The van der Waals surface area contributed by atoms with Crippen molar-refractivity contribution in [2.45, 2.75) is 18.8 Å². The van der Waals surface area contributed by atoms with Gasteiger partial charge in [-0.05, 0) is 12.8 Å². The lowest BCUT2D eigenvalue weighted by Crippen LogP contribution is -1.82. The number of nitrogen functional groups attached to an aromatic ring is 1. The molecular formula is C8H10N6. The van der Waals surface area contributed by atoms with E-state index in [0.717, 1.165) is 11.5 Å². The third kappa shape index (κ3) is 1.15. The van der Waals surface area contributed by atoms with E-state index in [1.807, 2.05) is 0 Å². The lowest BCUT2D eigenvalue weighted by atomic mass is 10.4. The van der Waals surface area contributed by atoms with E-state index in [2.05, 4.69) is 25.4 Å². The maximum atomic E-state index is 5.49. The molecule has 2 aromatic heterocycles. The van der Waals surface area contributed by atoms with Gasteiger partial charge in [0, 0.05) is 12.0 Å². The van der Waals surface area contributed by atoms with Crippen molar-refractivity contribution in [3.63, 3.8) is 0 Å². The zero-order valence-electron chi connectivity index (χ0n) is 7.49. The fraction of sp³-hybridized carbons (Fsp3) is 0.375. The molecule has 72 valence electrons. The van der Waals surface area contributed by atoms with Crippen molar-refractivity contribution in [3.05, 3.63) is 11.9 Å². The molecule has 3 rings (SSSR count). The molecule has 1 saturated carbocycles. The predicted molar refractivity (Wildman–Crippen MR) is 50.4 cm³/mol. The first-order chi connectivity index (χ1) is 6.83. The highest BCUT2D eigenvalue weighted by molar-refractivity contribution is 5.53. The van der Waals surface area contributed by atoms with Gasteiger partial charge in [0.2, 0.25) is 0 Å². The topological polar surface area (TPSA) is 96.3 Å². The average molecular weight is 190 g/mol. The van der Waals surface area contributed by atoms with E-state index in [1.165, 1.54) is 12.8 Å². The SMILES string of the molecule is Nc1cc(-c2n[nH]c(C3CC3)n2)[nH]n1. The lowest BCUT2D eigenvalue weighted by molar-refractivity contribution is 0.934. The first-order valence-corrected chi connectivity index (χ1v) is 4.56. The van der Waals surface area contributed by atoms with Crippen molar-refractivity contribution in [1.29, 1.82) is 0 Å². The van der Waals surface area contributed by atoms with Crippen LogP contribution in [-0.4, -0.2) is 25.4 Å². The highest BCUT2D eigenvalue weighted by Crippen LogP contribution is 2.38. The van der Waals surface area contributed by atoms with Gasteiger partial charge in [-0.2, -0.15) is 10.2 Å². The Kier molecular flexibility index (Phi) is 1.38. The molecule has 0 bridgehead atoms. The van der Waals surface area contributed by atoms with E-state index in [4.69, 9.17) is 5.73 Å². The van der Waals surface area contributed by atoms with Crippen LogP contribution in [0.5, 0.6) is 0 Å². The summed E-state index contributed by atoms with van der Waals surface area (Å²) in [4.78, 5) is 4.36. The molecule has 1 fully saturated rings. The number of nitrogens with zero attached hydrogens (tertiary/aromatic N) is 3. The lowest BCUT2D eigenvalue weighted by Gasteiger charge is -1.85. The Morgan fingerprint density at radius 3 is 2.79 bits per heavy atom. The highest BCUT2D eigenvalue weighted by atomic mass is 15.2. The number of nitrogens with two attached hydrogens (primary N) is 1. The highest BCUT2D eigenvalue weighted by Gasteiger charge is 2.27. The molecule has 4 N–H and O–H groups in total. The molecule has 0 aliphatic heterocycles. The Morgan fingerprint density at radius 1 is 1.29 bits per heavy atom. The first-order valence-electron chi connectivity index (χ1n) is 4.56. The smallest absolute Gasteiger partial charge is 0.199 e. The molecule has 0 atom stereocenters. The van der Waals surface area contributed by atoms with Gasteiger partial charge < -0.3 is 5.73 Å². The Bertz CT molecular complexity index is 452. The van der Waals surface area contributed by atoms with Crippen molar-refractivity contribution < 1.29 is 0 Å². The molecule has 2 aromatic rings. The average Bonchev–Trinajstić information content (AvgIpc) is 2.76. The Hall–Kier alpha value is -1.85. The summed E-state index contributed by atoms with van der Waals surface area (Å²) in [5, 5.41) is 13.6. The summed E-state index contributed by atoms with van der Waals surface area (Å²) in [7, 11) is 0. The van der Waals surface area contributed by atoms with Crippen LogP contribution in [0.25, 0.3) is 11.5 Å². The van der Waals surface area contributed by atoms with Gasteiger partial charge in [0.25, 0.3) is 0 Å². The standard InChI is InChI=1S/C8H10N6/c9-6-3-5(11-12-6)8-10-7(13-14-8)4-1-2-4/h3-4H,1-2H2,(H3,9,11,12)(H,10,13,14). The zero-order chi connectivity index (χ0) is 9.54. The Morgan fingerprint density at radius 2 is 2.14 bits per heavy atom. The predicted octanol–water partition coefficient (Wildman–Crippen LogP) is 0.654. The molecule has 0 saturated heterocycles. The summed E-state index contributed by atoms with van der Waals surface area (Å²) in [6, 6.07) is 1.72. The molecule has 6 nitrogen and oxygen atoms in total.